The molecule has 2 N–H and O–H groups in total. The lowest BCUT2D eigenvalue weighted by Crippen LogP contribution is -2.47. The maximum Gasteiger partial charge on any atom is 0.314 e. The SMILES string of the molecule is C=C(N1[C@@H]2CC[C@H]1CC(O)C2)C(F)(F)c1cc(C(=O)Nc2cnn(C)c2)ccc1F. The first-order chi connectivity index (χ1) is 14.2. The fourth-order valence-electron chi connectivity index (χ4n) is 4.50. The summed E-state index contributed by atoms with van der Waals surface area (Å²) in [7, 11) is 1.67. The number of nitrogens with one attached hydrogen (secondary N) is 1. The van der Waals surface area contributed by atoms with Crippen molar-refractivity contribution in [2.45, 2.75) is 49.8 Å². The van der Waals surface area contributed by atoms with Crippen molar-refractivity contribution >= 4 is 11.6 Å². The lowest BCUT2D eigenvalue weighted by Gasteiger charge is -2.42. The lowest BCUT2D eigenvalue weighted by atomic mass is 9.95. The summed E-state index contributed by atoms with van der Waals surface area (Å²) in [5.74, 6) is -5.45. The van der Waals surface area contributed by atoms with Gasteiger partial charge in [-0.1, -0.05) is 6.58 Å². The molecule has 3 atom stereocenters. The molecule has 160 valence electrons. The number of aromatic nitrogens is 2. The molecule has 1 aromatic carbocycles. The monoisotopic (exact) mass is 420 g/mol. The number of rotatable bonds is 5. The molecular weight excluding hydrogens is 397 g/mol. The van der Waals surface area contributed by atoms with E-state index in [2.05, 4.69) is 17.0 Å². The predicted octanol–water partition coefficient (Wildman–Crippen LogP) is 3.40. The first kappa shape index (κ1) is 20.5. The maximum absolute atomic E-state index is 15.4. The normalized spacial score (nSPS) is 23.5. The second-order valence-electron chi connectivity index (χ2n) is 7.99. The van der Waals surface area contributed by atoms with E-state index in [-0.39, 0.29) is 17.6 Å². The van der Waals surface area contributed by atoms with Crippen LogP contribution in [0.2, 0.25) is 0 Å². The minimum absolute atomic E-state index is 0.0974. The van der Waals surface area contributed by atoms with E-state index in [1.54, 1.807) is 13.2 Å². The van der Waals surface area contributed by atoms with Gasteiger partial charge in [0, 0.05) is 30.9 Å². The van der Waals surface area contributed by atoms with E-state index in [0.29, 0.717) is 31.4 Å². The molecule has 1 unspecified atom stereocenters. The number of anilines is 1. The molecule has 2 aromatic rings. The fourth-order valence-corrected chi connectivity index (χ4v) is 4.50. The van der Waals surface area contributed by atoms with E-state index in [1.807, 2.05) is 0 Å². The van der Waals surface area contributed by atoms with Gasteiger partial charge < -0.3 is 15.3 Å². The number of fused-ring (bicyclic) bond motifs is 2. The van der Waals surface area contributed by atoms with Crippen LogP contribution in [0.3, 0.4) is 0 Å². The number of aryl methyl sites for hydroxylation is 1. The van der Waals surface area contributed by atoms with Crippen molar-refractivity contribution in [1.82, 2.24) is 14.7 Å². The summed E-state index contributed by atoms with van der Waals surface area (Å²) >= 11 is 0. The number of aliphatic hydroxyl groups excluding tert-OH is 1. The number of benzene rings is 1. The molecule has 4 rings (SSSR count). The Bertz CT molecular complexity index is 976. The van der Waals surface area contributed by atoms with E-state index < -0.39 is 35.0 Å². The molecule has 6 nitrogen and oxygen atoms in total. The van der Waals surface area contributed by atoms with Crippen molar-refractivity contribution in [3.8, 4) is 0 Å². The van der Waals surface area contributed by atoms with Gasteiger partial charge in [0.05, 0.1) is 29.2 Å². The molecule has 30 heavy (non-hydrogen) atoms. The average molecular weight is 420 g/mol. The second-order valence-corrected chi connectivity index (χ2v) is 7.99. The van der Waals surface area contributed by atoms with Crippen LogP contribution >= 0.6 is 0 Å². The van der Waals surface area contributed by atoms with Crippen LogP contribution in [0.5, 0.6) is 0 Å². The molecule has 0 saturated carbocycles. The molecule has 0 radical (unpaired) electrons. The third-order valence-corrected chi connectivity index (χ3v) is 5.91. The summed E-state index contributed by atoms with van der Waals surface area (Å²) in [5, 5.41) is 16.4. The van der Waals surface area contributed by atoms with E-state index in [0.717, 1.165) is 18.2 Å². The zero-order chi connectivity index (χ0) is 21.6. The Kier molecular flexibility index (Phi) is 5.09. The topological polar surface area (TPSA) is 70.4 Å². The third kappa shape index (κ3) is 3.58. The van der Waals surface area contributed by atoms with Gasteiger partial charge in [0.25, 0.3) is 5.91 Å². The standard InChI is InChI=1S/C21H23F3N4O2/c1-12(28-15-4-5-16(28)9-17(29)8-15)21(23,24)18-7-13(3-6-19(18)22)20(30)26-14-10-25-27(2)11-14/h3,6-7,10-11,15-17,29H,1,4-5,8-9H2,2H3,(H,26,30)/t15-,16+,17?. The molecule has 9 heteroatoms. The number of allylic oxidation sites excluding steroid dienone is 1. The second kappa shape index (κ2) is 7.46. The Morgan fingerprint density at radius 1 is 1.30 bits per heavy atom. The van der Waals surface area contributed by atoms with Crippen molar-refractivity contribution in [1.29, 1.82) is 0 Å². The molecule has 1 aromatic heterocycles. The van der Waals surface area contributed by atoms with Gasteiger partial charge in [-0.2, -0.15) is 13.9 Å². The van der Waals surface area contributed by atoms with Crippen LogP contribution in [-0.4, -0.2) is 43.9 Å². The lowest BCUT2D eigenvalue weighted by molar-refractivity contribution is -0.0280. The molecule has 3 heterocycles. The van der Waals surface area contributed by atoms with E-state index in [9.17, 15) is 14.3 Å². The molecule has 1 amide bonds. The Morgan fingerprint density at radius 2 is 1.97 bits per heavy atom. The number of halogens is 3. The molecule has 2 aliphatic rings. The van der Waals surface area contributed by atoms with Crippen molar-refractivity contribution in [2.24, 2.45) is 7.05 Å². The summed E-state index contributed by atoms with van der Waals surface area (Å²) in [6.07, 6.45) is 4.61. The van der Waals surface area contributed by atoms with Gasteiger partial charge in [0.15, 0.2) is 0 Å². The van der Waals surface area contributed by atoms with Gasteiger partial charge in [-0.15, -0.1) is 0 Å². The average Bonchev–Trinajstić information content (AvgIpc) is 3.21. The van der Waals surface area contributed by atoms with Gasteiger partial charge >= 0.3 is 5.92 Å². The number of hydrogen-bond acceptors (Lipinski definition) is 4. The first-order valence-electron chi connectivity index (χ1n) is 9.80. The summed E-state index contributed by atoms with van der Waals surface area (Å²) < 4.78 is 46.6. The number of piperidine rings is 1. The zero-order valence-electron chi connectivity index (χ0n) is 16.5. The highest BCUT2D eigenvalue weighted by molar-refractivity contribution is 6.04. The van der Waals surface area contributed by atoms with Gasteiger partial charge in [0.2, 0.25) is 0 Å². The molecule has 0 aliphatic carbocycles. The van der Waals surface area contributed by atoms with Gasteiger partial charge in [-0.05, 0) is 43.9 Å². The Labute approximate surface area is 172 Å². The third-order valence-electron chi connectivity index (χ3n) is 5.91. The van der Waals surface area contributed by atoms with Crippen LogP contribution in [0, 0.1) is 5.82 Å². The van der Waals surface area contributed by atoms with Crippen molar-refractivity contribution in [3.63, 3.8) is 0 Å². The highest BCUT2D eigenvalue weighted by Gasteiger charge is 2.49. The van der Waals surface area contributed by atoms with Crippen LogP contribution < -0.4 is 5.32 Å². The van der Waals surface area contributed by atoms with E-state index >= 15 is 8.78 Å². The minimum Gasteiger partial charge on any atom is -0.393 e. The van der Waals surface area contributed by atoms with Gasteiger partial charge in [-0.25, -0.2) is 4.39 Å². The smallest absolute Gasteiger partial charge is 0.314 e. The Balaban J connectivity index is 1.60. The van der Waals surface area contributed by atoms with Crippen LogP contribution in [0.25, 0.3) is 0 Å². The van der Waals surface area contributed by atoms with Crippen LogP contribution in [0.4, 0.5) is 18.9 Å². The molecule has 2 saturated heterocycles. The van der Waals surface area contributed by atoms with Crippen molar-refractivity contribution < 1.29 is 23.1 Å². The fraction of sp³-hybridized carbons (Fsp3) is 0.429. The summed E-state index contributed by atoms with van der Waals surface area (Å²) in [6.45, 7) is 3.59. The highest BCUT2D eigenvalue weighted by Crippen LogP contribution is 2.46. The quantitative estimate of drug-likeness (QED) is 0.778. The molecule has 0 spiro atoms. The van der Waals surface area contributed by atoms with Crippen LogP contribution in [0.1, 0.15) is 41.6 Å². The summed E-state index contributed by atoms with van der Waals surface area (Å²) in [5.41, 5.74) is -1.09. The predicted molar refractivity (Wildman–Crippen MR) is 104 cm³/mol. The van der Waals surface area contributed by atoms with Crippen LogP contribution in [-0.2, 0) is 13.0 Å². The molecule has 2 aliphatic heterocycles. The summed E-state index contributed by atoms with van der Waals surface area (Å²) in [4.78, 5) is 14.0. The minimum atomic E-state index is -3.70. The maximum atomic E-state index is 15.4. The number of hydrogen-bond donors (Lipinski definition) is 2. The number of aliphatic hydroxyl groups is 1. The number of carbonyl (C=O) groups excluding carboxylic acids is 1. The van der Waals surface area contributed by atoms with Crippen molar-refractivity contribution in [2.75, 3.05) is 5.32 Å². The Hall–Kier alpha value is -2.81. The van der Waals surface area contributed by atoms with Crippen LogP contribution in [0.15, 0.2) is 42.9 Å². The zero-order valence-corrected chi connectivity index (χ0v) is 16.5. The molecule has 2 bridgehead atoms. The van der Waals surface area contributed by atoms with Gasteiger partial charge in [-0.3, -0.25) is 9.48 Å². The molecular formula is C21H23F3N4O2. The number of amides is 1. The number of nitrogens with zero attached hydrogens (tertiary/aromatic N) is 3. The first-order valence-corrected chi connectivity index (χ1v) is 9.80. The number of alkyl halides is 2. The van der Waals surface area contributed by atoms with Crippen molar-refractivity contribution in [3.05, 3.63) is 59.8 Å². The van der Waals surface area contributed by atoms with Gasteiger partial charge in [0.1, 0.15) is 5.82 Å². The van der Waals surface area contributed by atoms with E-state index in [4.69, 9.17) is 0 Å². The Morgan fingerprint density at radius 3 is 2.57 bits per heavy atom. The number of carbonyl (C=O) groups is 1. The highest BCUT2D eigenvalue weighted by atomic mass is 19.3. The summed E-state index contributed by atoms with van der Waals surface area (Å²) in [6, 6.07) is 2.41. The van der Waals surface area contributed by atoms with E-state index in [1.165, 1.54) is 15.8 Å². The molecule has 2 fully saturated rings. The largest absolute Gasteiger partial charge is 0.393 e.